The van der Waals surface area contributed by atoms with Crippen LogP contribution in [-0.2, 0) is 0 Å². The number of hydrogen-bond acceptors (Lipinski definition) is 6. The third-order valence-electron chi connectivity index (χ3n) is 3.05. The summed E-state index contributed by atoms with van der Waals surface area (Å²) in [6, 6.07) is 2.49. The van der Waals surface area contributed by atoms with Crippen molar-refractivity contribution >= 4 is 23.4 Å². The Bertz CT molecular complexity index is 368. The fraction of sp³-hybridized carbons (Fsp3) is 0.600. The van der Waals surface area contributed by atoms with Crippen molar-refractivity contribution < 1.29 is 0 Å². The standard InChI is InChI=1S/C10H17ClN6/c1-5-7(6(2)17-16-5)4-13-9-3-8(11)14-10(12)15-9/h3,5-7,16-17H,4H2,1-2H3,(H3,12,13,14,15). The molecule has 1 aliphatic rings. The highest BCUT2D eigenvalue weighted by Gasteiger charge is 2.29. The molecule has 1 saturated heterocycles. The van der Waals surface area contributed by atoms with Gasteiger partial charge in [-0.1, -0.05) is 11.6 Å². The van der Waals surface area contributed by atoms with E-state index in [0.717, 1.165) is 6.54 Å². The van der Waals surface area contributed by atoms with Crippen LogP contribution in [0.4, 0.5) is 11.8 Å². The smallest absolute Gasteiger partial charge is 0.223 e. The zero-order valence-electron chi connectivity index (χ0n) is 9.87. The van der Waals surface area contributed by atoms with Gasteiger partial charge >= 0.3 is 0 Å². The van der Waals surface area contributed by atoms with Crippen molar-refractivity contribution in [2.45, 2.75) is 25.9 Å². The molecule has 0 radical (unpaired) electrons. The Morgan fingerprint density at radius 1 is 1.35 bits per heavy atom. The first-order valence-electron chi connectivity index (χ1n) is 5.61. The summed E-state index contributed by atoms with van der Waals surface area (Å²) in [4.78, 5) is 7.89. The van der Waals surface area contributed by atoms with E-state index in [-0.39, 0.29) is 5.95 Å². The van der Waals surface area contributed by atoms with Crippen LogP contribution in [0, 0.1) is 5.92 Å². The Kier molecular flexibility index (Phi) is 3.66. The third-order valence-corrected chi connectivity index (χ3v) is 3.25. The van der Waals surface area contributed by atoms with Gasteiger partial charge in [0.25, 0.3) is 0 Å². The van der Waals surface area contributed by atoms with Crippen LogP contribution in [0.15, 0.2) is 6.07 Å². The summed E-state index contributed by atoms with van der Waals surface area (Å²) in [7, 11) is 0. The maximum Gasteiger partial charge on any atom is 0.223 e. The van der Waals surface area contributed by atoms with Crippen molar-refractivity contribution in [2.24, 2.45) is 5.92 Å². The summed E-state index contributed by atoms with van der Waals surface area (Å²) in [5.41, 5.74) is 11.9. The molecule has 0 aromatic carbocycles. The van der Waals surface area contributed by atoms with Gasteiger partial charge < -0.3 is 11.1 Å². The maximum absolute atomic E-state index is 5.81. The van der Waals surface area contributed by atoms with Crippen LogP contribution in [0.2, 0.25) is 5.15 Å². The Hall–Kier alpha value is -1.11. The summed E-state index contributed by atoms with van der Waals surface area (Å²) < 4.78 is 0. The van der Waals surface area contributed by atoms with Crippen molar-refractivity contribution in [3.63, 3.8) is 0 Å². The van der Waals surface area contributed by atoms with Gasteiger partial charge in [-0.05, 0) is 13.8 Å². The van der Waals surface area contributed by atoms with E-state index in [1.807, 2.05) is 0 Å². The van der Waals surface area contributed by atoms with Crippen LogP contribution < -0.4 is 21.9 Å². The lowest BCUT2D eigenvalue weighted by Crippen LogP contribution is -2.30. The van der Waals surface area contributed by atoms with Gasteiger partial charge in [0.05, 0.1) is 0 Å². The Balaban J connectivity index is 1.97. The Morgan fingerprint density at radius 2 is 2.00 bits per heavy atom. The van der Waals surface area contributed by atoms with Gasteiger partial charge in [0.2, 0.25) is 5.95 Å². The molecule has 0 amide bonds. The Labute approximate surface area is 105 Å². The number of halogens is 1. The third kappa shape index (κ3) is 2.96. The van der Waals surface area contributed by atoms with Crippen molar-refractivity contribution in [1.82, 2.24) is 20.8 Å². The summed E-state index contributed by atoms with van der Waals surface area (Å²) in [6.45, 7) is 5.09. The van der Waals surface area contributed by atoms with Gasteiger partial charge in [-0.15, -0.1) is 0 Å². The average Bonchev–Trinajstić information content (AvgIpc) is 2.55. The van der Waals surface area contributed by atoms with E-state index in [4.69, 9.17) is 17.3 Å². The van der Waals surface area contributed by atoms with Gasteiger partial charge in [-0.3, -0.25) is 10.9 Å². The van der Waals surface area contributed by atoms with E-state index >= 15 is 0 Å². The minimum absolute atomic E-state index is 0.184. The molecule has 6 nitrogen and oxygen atoms in total. The SMILES string of the molecule is CC1NNC(C)C1CNc1cc(Cl)nc(N)n1. The fourth-order valence-corrected chi connectivity index (χ4v) is 2.20. The van der Waals surface area contributed by atoms with Crippen molar-refractivity contribution in [3.8, 4) is 0 Å². The molecular formula is C10H17ClN6. The monoisotopic (exact) mass is 256 g/mol. The largest absolute Gasteiger partial charge is 0.369 e. The summed E-state index contributed by atoms with van der Waals surface area (Å²) in [6.07, 6.45) is 0. The molecule has 0 bridgehead atoms. The second-order valence-electron chi connectivity index (χ2n) is 4.34. The van der Waals surface area contributed by atoms with Crippen LogP contribution in [-0.4, -0.2) is 28.6 Å². The first-order chi connectivity index (χ1) is 8.06. The number of rotatable bonds is 3. The number of hydrogen-bond donors (Lipinski definition) is 4. The average molecular weight is 257 g/mol. The second-order valence-corrected chi connectivity index (χ2v) is 4.73. The van der Waals surface area contributed by atoms with Crippen LogP contribution in [0.1, 0.15) is 13.8 Å². The molecule has 2 unspecified atom stereocenters. The lowest BCUT2D eigenvalue weighted by atomic mass is 9.97. The minimum Gasteiger partial charge on any atom is -0.369 e. The lowest BCUT2D eigenvalue weighted by molar-refractivity contribution is 0.466. The summed E-state index contributed by atoms with van der Waals surface area (Å²) in [5, 5.41) is 3.58. The molecule has 2 rings (SSSR count). The molecule has 2 atom stereocenters. The van der Waals surface area contributed by atoms with Crippen LogP contribution in [0.3, 0.4) is 0 Å². The molecule has 0 spiro atoms. The van der Waals surface area contributed by atoms with E-state index < -0.39 is 0 Å². The molecule has 1 aromatic rings. The van der Waals surface area contributed by atoms with Crippen molar-refractivity contribution in [2.75, 3.05) is 17.6 Å². The van der Waals surface area contributed by atoms with Gasteiger partial charge in [-0.2, -0.15) is 4.98 Å². The van der Waals surface area contributed by atoms with Crippen LogP contribution in [0.25, 0.3) is 0 Å². The second kappa shape index (κ2) is 5.03. The molecule has 0 aliphatic carbocycles. The molecular weight excluding hydrogens is 240 g/mol. The predicted octanol–water partition coefficient (Wildman–Crippen LogP) is 0.625. The van der Waals surface area contributed by atoms with Gasteiger partial charge in [0, 0.05) is 30.6 Å². The van der Waals surface area contributed by atoms with Crippen LogP contribution in [0.5, 0.6) is 0 Å². The van der Waals surface area contributed by atoms with Gasteiger partial charge in [-0.25, -0.2) is 4.98 Å². The molecule has 94 valence electrons. The van der Waals surface area contributed by atoms with E-state index in [0.29, 0.717) is 29.0 Å². The maximum atomic E-state index is 5.81. The molecule has 7 heteroatoms. The number of nitrogens with one attached hydrogen (secondary N) is 3. The molecule has 1 aliphatic heterocycles. The van der Waals surface area contributed by atoms with E-state index in [1.165, 1.54) is 0 Å². The highest BCUT2D eigenvalue weighted by atomic mass is 35.5. The zero-order chi connectivity index (χ0) is 12.4. The normalized spacial score (nSPS) is 28.3. The zero-order valence-corrected chi connectivity index (χ0v) is 10.6. The van der Waals surface area contributed by atoms with E-state index in [2.05, 4.69) is 40.0 Å². The number of hydrazine groups is 1. The van der Waals surface area contributed by atoms with Crippen molar-refractivity contribution in [1.29, 1.82) is 0 Å². The van der Waals surface area contributed by atoms with Crippen molar-refractivity contribution in [3.05, 3.63) is 11.2 Å². The Morgan fingerprint density at radius 3 is 2.59 bits per heavy atom. The number of nitrogens with two attached hydrogens (primary N) is 1. The number of nitrogens with zero attached hydrogens (tertiary/aromatic N) is 2. The summed E-state index contributed by atoms with van der Waals surface area (Å²) in [5.74, 6) is 1.32. The van der Waals surface area contributed by atoms with Gasteiger partial charge in [0.15, 0.2) is 0 Å². The summed E-state index contributed by atoms with van der Waals surface area (Å²) >= 11 is 5.81. The highest BCUT2D eigenvalue weighted by Crippen LogP contribution is 2.17. The molecule has 1 fully saturated rings. The minimum atomic E-state index is 0.184. The fourth-order valence-electron chi connectivity index (χ4n) is 2.01. The van der Waals surface area contributed by atoms with E-state index in [9.17, 15) is 0 Å². The number of aromatic nitrogens is 2. The lowest BCUT2D eigenvalue weighted by Gasteiger charge is -2.18. The van der Waals surface area contributed by atoms with Gasteiger partial charge in [0.1, 0.15) is 11.0 Å². The predicted molar refractivity (Wildman–Crippen MR) is 68.6 cm³/mol. The topological polar surface area (TPSA) is 87.9 Å². The number of nitrogen functional groups attached to an aromatic ring is 1. The first-order valence-corrected chi connectivity index (χ1v) is 5.99. The van der Waals surface area contributed by atoms with Crippen LogP contribution >= 0.6 is 11.6 Å². The molecule has 17 heavy (non-hydrogen) atoms. The molecule has 5 N–H and O–H groups in total. The molecule has 2 heterocycles. The quantitative estimate of drug-likeness (QED) is 0.593. The first kappa shape index (κ1) is 12.3. The molecule has 1 aromatic heterocycles. The molecule has 0 saturated carbocycles. The highest BCUT2D eigenvalue weighted by molar-refractivity contribution is 6.29. The van der Waals surface area contributed by atoms with E-state index in [1.54, 1.807) is 6.07 Å². The number of anilines is 2.